The van der Waals surface area contributed by atoms with E-state index in [0.29, 0.717) is 11.8 Å². The average Bonchev–Trinajstić information content (AvgIpc) is 2.16. The maximum absolute atomic E-state index is 6.19. The van der Waals surface area contributed by atoms with Crippen LogP contribution < -0.4 is 5.73 Å². The van der Waals surface area contributed by atoms with Gasteiger partial charge in [-0.3, -0.25) is 0 Å². The standard InChI is InChI=1S/C14H29NO/c1-5-6-10(2)9-16-14-12(4)7-11(3)8-13(14)15/h10-14H,5-9,15H2,1-4H3. The fourth-order valence-corrected chi connectivity index (χ4v) is 3.03. The van der Waals surface area contributed by atoms with Gasteiger partial charge in [0, 0.05) is 12.6 Å². The molecule has 2 heteroatoms. The van der Waals surface area contributed by atoms with Crippen molar-refractivity contribution < 1.29 is 4.74 Å². The molecule has 0 heterocycles. The highest BCUT2D eigenvalue weighted by Gasteiger charge is 2.32. The lowest BCUT2D eigenvalue weighted by Crippen LogP contribution is -2.46. The molecular weight excluding hydrogens is 198 g/mol. The van der Waals surface area contributed by atoms with Crippen LogP contribution in [0.3, 0.4) is 0 Å². The third kappa shape index (κ3) is 4.06. The zero-order valence-corrected chi connectivity index (χ0v) is 11.4. The Bertz CT molecular complexity index is 183. The van der Waals surface area contributed by atoms with Crippen molar-refractivity contribution >= 4 is 0 Å². The van der Waals surface area contributed by atoms with E-state index >= 15 is 0 Å². The summed E-state index contributed by atoms with van der Waals surface area (Å²) in [6, 6.07) is 0.243. The van der Waals surface area contributed by atoms with Gasteiger partial charge in [-0.25, -0.2) is 0 Å². The van der Waals surface area contributed by atoms with E-state index in [4.69, 9.17) is 10.5 Å². The van der Waals surface area contributed by atoms with E-state index < -0.39 is 0 Å². The third-order valence-electron chi connectivity index (χ3n) is 3.79. The largest absolute Gasteiger partial charge is 0.376 e. The second-order valence-corrected chi connectivity index (χ2v) is 5.91. The van der Waals surface area contributed by atoms with Crippen LogP contribution in [-0.2, 0) is 4.74 Å². The van der Waals surface area contributed by atoms with Gasteiger partial charge in [-0.2, -0.15) is 0 Å². The predicted octanol–water partition coefficient (Wildman–Crippen LogP) is 3.20. The van der Waals surface area contributed by atoms with Crippen LogP contribution in [0.5, 0.6) is 0 Å². The number of hydrogen-bond donors (Lipinski definition) is 1. The van der Waals surface area contributed by atoms with Gasteiger partial charge >= 0.3 is 0 Å². The van der Waals surface area contributed by atoms with Gasteiger partial charge < -0.3 is 10.5 Å². The summed E-state index contributed by atoms with van der Waals surface area (Å²) in [5.41, 5.74) is 6.19. The third-order valence-corrected chi connectivity index (χ3v) is 3.79. The second-order valence-electron chi connectivity index (χ2n) is 5.91. The van der Waals surface area contributed by atoms with Gasteiger partial charge in [0.1, 0.15) is 0 Å². The summed E-state index contributed by atoms with van der Waals surface area (Å²) in [5.74, 6) is 2.05. The Morgan fingerprint density at radius 2 is 2.00 bits per heavy atom. The highest BCUT2D eigenvalue weighted by atomic mass is 16.5. The first-order valence-corrected chi connectivity index (χ1v) is 6.91. The molecule has 0 aliphatic heterocycles. The van der Waals surface area contributed by atoms with Crippen LogP contribution in [0.15, 0.2) is 0 Å². The molecule has 2 N–H and O–H groups in total. The van der Waals surface area contributed by atoms with Gasteiger partial charge in [-0.05, 0) is 37.0 Å². The second kappa shape index (κ2) is 6.61. The normalized spacial score (nSPS) is 37.3. The van der Waals surface area contributed by atoms with E-state index in [9.17, 15) is 0 Å². The molecule has 2 nitrogen and oxygen atoms in total. The van der Waals surface area contributed by atoms with Crippen LogP contribution in [0.25, 0.3) is 0 Å². The van der Waals surface area contributed by atoms with Gasteiger partial charge in [-0.15, -0.1) is 0 Å². The predicted molar refractivity (Wildman–Crippen MR) is 69.3 cm³/mol. The van der Waals surface area contributed by atoms with Gasteiger partial charge in [0.15, 0.2) is 0 Å². The molecule has 5 atom stereocenters. The summed E-state index contributed by atoms with van der Waals surface area (Å²) in [4.78, 5) is 0. The molecule has 0 radical (unpaired) electrons. The maximum Gasteiger partial charge on any atom is 0.0751 e. The summed E-state index contributed by atoms with van der Waals surface area (Å²) in [6.45, 7) is 9.96. The first kappa shape index (κ1) is 14.0. The Balaban J connectivity index is 2.34. The Morgan fingerprint density at radius 3 is 2.56 bits per heavy atom. The number of ether oxygens (including phenoxy) is 1. The topological polar surface area (TPSA) is 35.2 Å². The molecule has 0 aromatic heterocycles. The molecule has 16 heavy (non-hydrogen) atoms. The molecule has 1 rings (SSSR count). The monoisotopic (exact) mass is 227 g/mol. The summed E-state index contributed by atoms with van der Waals surface area (Å²) in [6.07, 6.45) is 5.17. The van der Waals surface area contributed by atoms with Gasteiger partial charge in [-0.1, -0.05) is 34.1 Å². The summed E-state index contributed by atoms with van der Waals surface area (Å²) < 4.78 is 6.05. The van der Waals surface area contributed by atoms with E-state index in [2.05, 4.69) is 27.7 Å². The SMILES string of the molecule is CCCC(C)COC1C(C)CC(C)CC1N. The van der Waals surface area contributed by atoms with Crippen molar-refractivity contribution in [2.75, 3.05) is 6.61 Å². The molecule has 0 aromatic rings. The molecule has 1 fully saturated rings. The van der Waals surface area contributed by atoms with Crippen LogP contribution in [0.1, 0.15) is 53.4 Å². The number of rotatable bonds is 5. The minimum atomic E-state index is 0.243. The zero-order valence-electron chi connectivity index (χ0n) is 11.4. The first-order valence-electron chi connectivity index (χ1n) is 6.91. The van der Waals surface area contributed by atoms with Crippen LogP contribution in [0.2, 0.25) is 0 Å². The van der Waals surface area contributed by atoms with E-state index in [1.54, 1.807) is 0 Å². The molecule has 5 unspecified atom stereocenters. The molecule has 1 aliphatic carbocycles. The maximum atomic E-state index is 6.19. The summed E-state index contributed by atoms with van der Waals surface area (Å²) >= 11 is 0. The van der Waals surface area contributed by atoms with E-state index in [-0.39, 0.29) is 12.1 Å². The van der Waals surface area contributed by atoms with Gasteiger partial charge in [0.25, 0.3) is 0 Å². The molecule has 0 aromatic carbocycles. The molecule has 1 saturated carbocycles. The first-order chi connectivity index (χ1) is 7.54. The molecule has 96 valence electrons. The van der Waals surface area contributed by atoms with Crippen LogP contribution in [0, 0.1) is 17.8 Å². The fourth-order valence-electron chi connectivity index (χ4n) is 3.03. The molecule has 0 spiro atoms. The highest BCUT2D eigenvalue weighted by Crippen LogP contribution is 2.30. The lowest BCUT2D eigenvalue weighted by Gasteiger charge is -2.38. The Kier molecular flexibility index (Phi) is 5.77. The molecule has 0 amide bonds. The van der Waals surface area contributed by atoms with Gasteiger partial charge in [0.05, 0.1) is 6.10 Å². The lowest BCUT2D eigenvalue weighted by molar-refractivity contribution is -0.0413. The highest BCUT2D eigenvalue weighted by molar-refractivity contribution is 4.86. The van der Waals surface area contributed by atoms with Crippen molar-refractivity contribution in [1.29, 1.82) is 0 Å². The fraction of sp³-hybridized carbons (Fsp3) is 1.00. The summed E-state index contributed by atoms with van der Waals surface area (Å²) in [7, 11) is 0. The van der Waals surface area contributed by atoms with Gasteiger partial charge in [0.2, 0.25) is 0 Å². The van der Waals surface area contributed by atoms with E-state index in [1.807, 2.05) is 0 Å². The van der Waals surface area contributed by atoms with Crippen molar-refractivity contribution in [3.8, 4) is 0 Å². The van der Waals surface area contributed by atoms with Crippen molar-refractivity contribution in [2.24, 2.45) is 23.5 Å². The van der Waals surface area contributed by atoms with E-state index in [0.717, 1.165) is 18.9 Å². The number of nitrogens with two attached hydrogens (primary N) is 1. The van der Waals surface area contributed by atoms with Crippen molar-refractivity contribution in [2.45, 2.75) is 65.5 Å². The van der Waals surface area contributed by atoms with Crippen LogP contribution in [0.4, 0.5) is 0 Å². The minimum Gasteiger partial charge on any atom is -0.376 e. The minimum absolute atomic E-state index is 0.243. The molecule has 1 aliphatic rings. The lowest BCUT2D eigenvalue weighted by atomic mass is 9.78. The smallest absolute Gasteiger partial charge is 0.0751 e. The molecule has 0 bridgehead atoms. The van der Waals surface area contributed by atoms with Crippen LogP contribution in [-0.4, -0.2) is 18.8 Å². The van der Waals surface area contributed by atoms with Crippen molar-refractivity contribution in [1.82, 2.24) is 0 Å². The molecule has 0 saturated heterocycles. The average molecular weight is 227 g/mol. The van der Waals surface area contributed by atoms with Crippen LogP contribution >= 0.6 is 0 Å². The molecular formula is C14H29NO. The Morgan fingerprint density at radius 1 is 1.31 bits per heavy atom. The van der Waals surface area contributed by atoms with E-state index in [1.165, 1.54) is 19.3 Å². The summed E-state index contributed by atoms with van der Waals surface area (Å²) in [5, 5.41) is 0. The quantitative estimate of drug-likeness (QED) is 0.783. The Labute approximate surface area is 101 Å². The van der Waals surface area contributed by atoms with Crippen molar-refractivity contribution in [3.05, 3.63) is 0 Å². The Hall–Kier alpha value is -0.0800. The van der Waals surface area contributed by atoms with Crippen molar-refractivity contribution in [3.63, 3.8) is 0 Å². The zero-order chi connectivity index (χ0) is 12.1. The number of hydrogen-bond acceptors (Lipinski definition) is 2.